The van der Waals surface area contributed by atoms with Crippen LogP contribution >= 0.6 is 0 Å². The monoisotopic (exact) mass is 307 g/mol. The van der Waals surface area contributed by atoms with Crippen LogP contribution in [0.3, 0.4) is 0 Å². The number of aromatic nitrogens is 4. The second kappa shape index (κ2) is 5.91. The largest absolute Gasteiger partial charge is 0.364 e. The summed E-state index contributed by atoms with van der Waals surface area (Å²) in [5.41, 5.74) is 1.69. The molecule has 0 radical (unpaired) electrons. The molecule has 3 aromatic rings. The maximum absolute atomic E-state index is 4.76. The lowest BCUT2D eigenvalue weighted by Gasteiger charge is -2.31. The third-order valence-electron chi connectivity index (χ3n) is 4.32. The van der Waals surface area contributed by atoms with Gasteiger partial charge in [-0.3, -0.25) is 9.97 Å². The molecule has 0 aliphatic heterocycles. The van der Waals surface area contributed by atoms with Gasteiger partial charge in [0.05, 0.1) is 11.7 Å². The van der Waals surface area contributed by atoms with Crippen LogP contribution in [-0.2, 0) is 0 Å². The van der Waals surface area contributed by atoms with Crippen molar-refractivity contribution in [2.75, 3.05) is 5.32 Å². The van der Waals surface area contributed by atoms with Gasteiger partial charge in [0.1, 0.15) is 5.82 Å². The van der Waals surface area contributed by atoms with Gasteiger partial charge in [-0.1, -0.05) is 13.8 Å². The van der Waals surface area contributed by atoms with Crippen LogP contribution in [0.1, 0.15) is 27.7 Å². The number of nitrogens with zero attached hydrogens (tertiary/aromatic N) is 4. The van der Waals surface area contributed by atoms with E-state index in [1.807, 2.05) is 18.2 Å². The standard InChI is InChI=1S/C18H21N5/c1-12(2)18(3,4)23-17-14-7-10-20-11-15(14)21-16(22-17)13-5-8-19-9-6-13/h5-12H,1-4H3,(H,21,22,23). The zero-order chi connectivity index (χ0) is 16.4. The van der Waals surface area contributed by atoms with Crippen molar-refractivity contribution < 1.29 is 0 Å². The van der Waals surface area contributed by atoms with Crippen molar-refractivity contribution in [2.45, 2.75) is 33.2 Å². The molecular weight excluding hydrogens is 286 g/mol. The number of nitrogens with one attached hydrogen (secondary N) is 1. The average molecular weight is 307 g/mol. The summed E-state index contributed by atoms with van der Waals surface area (Å²) in [5.74, 6) is 1.97. The first-order valence-electron chi connectivity index (χ1n) is 7.78. The topological polar surface area (TPSA) is 63.6 Å². The Labute approximate surface area is 136 Å². The number of fused-ring (bicyclic) bond motifs is 1. The molecule has 0 aliphatic carbocycles. The Kier molecular flexibility index (Phi) is 3.94. The number of rotatable bonds is 4. The van der Waals surface area contributed by atoms with Gasteiger partial charge in [0.25, 0.3) is 0 Å². The number of hydrogen-bond acceptors (Lipinski definition) is 5. The third-order valence-corrected chi connectivity index (χ3v) is 4.32. The highest BCUT2D eigenvalue weighted by atomic mass is 15.1. The quantitative estimate of drug-likeness (QED) is 0.791. The molecule has 5 nitrogen and oxygen atoms in total. The predicted molar refractivity (Wildman–Crippen MR) is 93.1 cm³/mol. The molecule has 118 valence electrons. The maximum Gasteiger partial charge on any atom is 0.162 e. The van der Waals surface area contributed by atoms with Crippen LogP contribution in [0.5, 0.6) is 0 Å². The molecule has 0 spiro atoms. The molecular formula is C18H21N5. The summed E-state index contributed by atoms with van der Waals surface area (Å²) in [5, 5.41) is 4.55. The van der Waals surface area contributed by atoms with Crippen LogP contribution in [0.4, 0.5) is 5.82 Å². The summed E-state index contributed by atoms with van der Waals surface area (Å²) in [4.78, 5) is 17.6. The van der Waals surface area contributed by atoms with Crippen LogP contribution in [0.2, 0.25) is 0 Å². The van der Waals surface area contributed by atoms with E-state index in [1.165, 1.54) is 0 Å². The number of hydrogen-bond donors (Lipinski definition) is 1. The summed E-state index contributed by atoms with van der Waals surface area (Å²) < 4.78 is 0. The van der Waals surface area contributed by atoms with Crippen LogP contribution in [0.15, 0.2) is 43.0 Å². The highest BCUT2D eigenvalue weighted by Crippen LogP contribution is 2.28. The van der Waals surface area contributed by atoms with Crippen molar-refractivity contribution in [1.29, 1.82) is 0 Å². The molecule has 1 N–H and O–H groups in total. The van der Waals surface area contributed by atoms with Gasteiger partial charge in [-0.2, -0.15) is 0 Å². The fraction of sp³-hybridized carbons (Fsp3) is 0.333. The summed E-state index contributed by atoms with van der Waals surface area (Å²) in [6, 6.07) is 5.77. The van der Waals surface area contributed by atoms with Crippen molar-refractivity contribution in [3.63, 3.8) is 0 Å². The second-order valence-electron chi connectivity index (χ2n) is 6.53. The van der Waals surface area contributed by atoms with Gasteiger partial charge in [-0.15, -0.1) is 0 Å². The Morgan fingerprint density at radius 3 is 2.35 bits per heavy atom. The molecule has 5 heteroatoms. The van der Waals surface area contributed by atoms with E-state index < -0.39 is 0 Å². The predicted octanol–water partition coefficient (Wildman–Crippen LogP) is 3.93. The third kappa shape index (κ3) is 3.13. The van der Waals surface area contributed by atoms with E-state index in [-0.39, 0.29) is 5.54 Å². The van der Waals surface area contributed by atoms with E-state index >= 15 is 0 Å². The first-order valence-corrected chi connectivity index (χ1v) is 7.78. The van der Waals surface area contributed by atoms with Crippen molar-refractivity contribution >= 4 is 16.7 Å². The molecule has 3 heterocycles. The minimum Gasteiger partial charge on any atom is -0.364 e. The number of anilines is 1. The Hall–Kier alpha value is -2.56. The van der Waals surface area contributed by atoms with Gasteiger partial charge in [0.15, 0.2) is 5.82 Å². The minimum absolute atomic E-state index is 0.0833. The fourth-order valence-corrected chi connectivity index (χ4v) is 2.16. The van der Waals surface area contributed by atoms with E-state index in [1.54, 1.807) is 24.8 Å². The van der Waals surface area contributed by atoms with E-state index in [2.05, 4.69) is 48.0 Å². The molecule has 3 aromatic heterocycles. The Morgan fingerprint density at radius 2 is 1.65 bits per heavy atom. The Morgan fingerprint density at radius 1 is 0.957 bits per heavy atom. The Bertz CT molecular complexity index is 812. The molecule has 0 atom stereocenters. The summed E-state index contributed by atoms with van der Waals surface area (Å²) >= 11 is 0. The normalized spacial score (nSPS) is 11.9. The highest BCUT2D eigenvalue weighted by Gasteiger charge is 2.24. The second-order valence-corrected chi connectivity index (χ2v) is 6.53. The van der Waals surface area contributed by atoms with Gasteiger partial charge in [-0.25, -0.2) is 9.97 Å². The summed E-state index contributed by atoms with van der Waals surface area (Å²) in [6.07, 6.45) is 7.04. The lowest BCUT2D eigenvalue weighted by molar-refractivity contribution is 0.407. The minimum atomic E-state index is -0.0833. The van der Waals surface area contributed by atoms with Crippen molar-refractivity contribution in [3.05, 3.63) is 43.0 Å². The zero-order valence-electron chi connectivity index (χ0n) is 13.9. The van der Waals surface area contributed by atoms with Crippen LogP contribution in [0, 0.1) is 5.92 Å². The van der Waals surface area contributed by atoms with Crippen molar-refractivity contribution in [1.82, 2.24) is 19.9 Å². The Balaban J connectivity index is 2.15. The first-order chi connectivity index (χ1) is 11.0. The van der Waals surface area contributed by atoms with Crippen molar-refractivity contribution in [2.24, 2.45) is 5.92 Å². The maximum atomic E-state index is 4.76. The van der Waals surface area contributed by atoms with Gasteiger partial charge >= 0.3 is 0 Å². The first kappa shape index (κ1) is 15.3. The lowest BCUT2D eigenvalue weighted by atomic mass is 9.90. The van der Waals surface area contributed by atoms with Crippen LogP contribution < -0.4 is 5.32 Å². The van der Waals surface area contributed by atoms with E-state index in [0.717, 1.165) is 22.3 Å². The molecule has 0 aromatic carbocycles. The molecule has 0 saturated carbocycles. The van der Waals surface area contributed by atoms with E-state index in [9.17, 15) is 0 Å². The molecule has 0 aliphatic rings. The molecule has 0 saturated heterocycles. The summed E-state index contributed by atoms with van der Waals surface area (Å²) in [6.45, 7) is 8.75. The van der Waals surface area contributed by atoms with E-state index in [4.69, 9.17) is 4.98 Å². The summed E-state index contributed by atoms with van der Waals surface area (Å²) in [7, 11) is 0. The number of pyridine rings is 2. The SMILES string of the molecule is CC(C)C(C)(C)Nc1nc(-c2ccncc2)nc2cnccc12. The fourth-order valence-electron chi connectivity index (χ4n) is 2.16. The van der Waals surface area contributed by atoms with E-state index in [0.29, 0.717) is 11.7 Å². The van der Waals surface area contributed by atoms with Crippen LogP contribution in [0.25, 0.3) is 22.3 Å². The molecule has 0 fully saturated rings. The van der Waals surface area contributed by atoms with Gasteiger partial charge in [-0.05, 0) is 38.0 Å². The molecule has 0 bridgehead atoms. The van der Waals surface area contributed by atoms with Crippen LogP contribution in [-0.4, -0.2) is 25.5 Å². The van der Waals surface area contributed by atoms with Gasteiger partial charge in [0, 0.05) is 35.1 Å². The average Bonchev–Trinajstić information content (AvgIpc) is 2.55. The molecule has 0 amide bonds. The lowest BCUT2D eigenvalue weighted by Crippen LogP contribution is -2.37. The van der Waals surface area contributed by atoms with Gasteiger partial charge < -0.3 is 5.32 Å². The molecule has 0 unspecified atom stereocenters. The molecule has 23 heavy (non-hydrogen) atoms. The molecule has 3 rings (SSSR count). The smallest absolute Gasteiger partial charge is 0.162 e. The van der Waals surface area contributed by atoms with Gasteiger partial charge in [0.2, 0.25) is 0 Å². The van der Waals surface area contributed by atoms with Crippen molar-refractivity contribution in [3.8, 4) is 11.4 Å². The zero-order valence-corrected chi connectivity index (χ0v) is 13.9. The highest BCUT2D eigenvalue weighted by molar-refractivity contribution is 5.90.